The van der Waals surface area contributed by atoms with E-state index in [0.717, 1.165) is 12.8 Å². The summed E-state index contributed by atoms with van der Waals surface area (Å²) in [5.41, 5.74) is 0. The van der Waals surface area contributed by atoms with E-state index >= 15 is 0 Å². The number of hydrogen-bond acceptors (Lipinski definition) is 3. The average molecular weight is 228 g/mol. The lowest BCUT2D eigenvalue weighted by atomic mass is 9.93. The highest BCUT2D eigenvalue weighted by Gasteiger charge is 2.32. The van der Waals surface area contributed by atoms with Gasteiger partial charge in [-0.1, -0.05) is 0 Å². The summed E-state index contributed by atoms with van der Waals surface area (Å²) >= 11 is 0. The van der Waals surface area contributed by atoms with Crippen LogP contribution in [0.2, 0.25) is 0 Å². The van der Waals surface area contributed by atoms with Gasteiger partial charge in [0, 0.05) is 12.6 Å². The SMILES string of the molecule is CC1(C)OCC(CNC(=O)NC2CCC2)O1. The predicted molar refractivity (Wildman–Crippen MR) is 59.1 cm³/mol. The summed E-state index contributed by atoms with van der Waals surface area (Å²) < 4.78 is 11.0. The van der Waals surface area contributed by atoms with Gasteiger partial charge in [-0.3, -0.25) is 0 Å². The molecule has 2 amide bonds. The Morgan fingerprint density at radius 2 is 2.19 bits per heavy atom. The van der Waals surface area contributed by atoms with Crippen LogP contribution in [-0.4, -0.2) is 37.1 Å². The molecule has 2 N–H and O–H groups in total. The Morgan fingerprint density at radius 3 is 2.69 bits per heavy atom. The number of hydrogen-bond donors (Lipinski definition) is 2. The number of urea groups is 1. The van der Waals surface area contributed by atoms with Gasteiger partial charge in [0.25, 0.3) is 0 Å². The Labute approximate surface area is 95.9 Å². The van der Waals surface area contributed by atoms with Crippen LogP contribution in [0.4, 0.5) is 4.79 Å². The Hall–Kier alpha value is -0.810. The first kappa shape index (κ1) is 11.7. The van der Waals surface area contributed by atoms with Crippen molar-refractivity contribution in [3.05, 3.63) is 0 Å². The van der Waals surface area contributed by atoms with Crippen molar-refractivity contribution in [2.24, 2.45) is 0 Å². The first-order valence-corrected chi connectivity index (χ1v) is 5.91. The molecule has 1 aliphatic heterocycles. The highest BCUT2D eigenvalue weighted by Crippen LogP contribution is 2.21. The number of carbonyl (C=O) groups excluding carboxylic acids is 1. The van der Waals surface area contributed by atoms with Crippen LogP contribution in [0.25, 0.3) is 0 Å². The minimum atomic E-state index is -0.517. The molecular formula is C11H20N2O3. The molecule has 0 aromatic rings. The average Bonchev–Trinajstić information content (AvgIpc) is 2.49. The molecule has 92 valence electrons. The lowest BCUT2D eigenvalue weighted by Gasteiger charge is -2.26. The molecule has 0 aromatic heterocycles. The topological polar surface area (TPSA) is 59.6 Å². The van der Waals surface area contributed by atoms with E-state index in [9.17, 15) is 4.79 Å². The van der Waals surface area contributed by atoms with E-state index in [1.165, 1.54) is 6.42 Å². The second kappa shape index (κ2) is 4.59. The van der Waals surface area contributed by atoms with Crippen LogP contribution < -0.4 is 10.6 Å². The van der Waals surface area contributed by atoms with Crippen LogP contribution in [0.5, 0.6) is 0 Å². The monoisotopic (exact) mass is 228 g/mol. The van der Waals surface area contributed by atoms with Crippen LogP contribution in [0.3, 0.4) is 0 Å². The van der Waals surface area contributed by atoms with Gasteiger partial charge in [-0.2, -0.15) is 0 Å². The van der Waals surface area contributed by atoms with Gasteiger partial charge in [-0.25, -0.2) is 4.79 Å². The molecule has 2 aliphatic rings. The molecular weight excluding hydrogens is 208 g/mol. The van der Waals surface area contributed by atoms with Crippen LogP contribution in [0.1, 0.15) is 33.1 Å². The Kier molecular flexibility index (Phi) is 3.35. The Balaban J connectivity index is 1.61. The summed E-state index contributed by atoms with van der Waals surface area (Å²) in [7, 11) is 0. The number of carbonyl (C=O) groups is 1. The van der Waals surface area contributed by atoms with Crippen molar-refractivity contribution >= 4 is 6.03 Å². The third-order valence-electron chi connectivity index (χ3n) is 3.00. The Morgan fingerprint density at radius 1 is 1.44 bits per heavy atom. The molecule has 1 saturated heterocycles. The summed E-state index contributed by atoms with van der Waals surface area (Å²) in [6.45, 7) is 4.79. The molecule has 16 heavy (non-hydrogen) atoms. The van der Waals surface area contributed by atoms with Gasteiger partial charge in [0.2, 0.25) is 0 Å². The van der Waals surface area contributed by atoms with Crippen LogP contribution in [0, 0.1) is 0 Å². The third kappa shape index (κ3) is 3.09. The minimum absolute atomic E-state index is 0.0397. The second-order valence-electron chi connectivity index (χ2n) is 4.93. The molecule has 0 aromatic carbocycles. The van der Waals surface area contributed by atoms with Crippen molar-refractivity contribution in [2.45, 2.75) is 51.0 Å². The van der Waals surface area contributed by atoms with Crippen LogP contribution >= 0.6 is 0 Å². The fraction of sp³-hybridized carbons (Fsp3) is 0.909. The lowest BCUT2D eigenvalue weighted by molar-refractivity contribution is -0.137. The summed E-state index contributed by atoms with van der Waals surface area (Å²) in [4.78, 5) is 11.4. The van der Waals surface area contributed by atoms with Crippen LogP contribution in [-0.2, 0) is 9.47 Å². The molecule has 2 fully saturated rings. The van der Waals surface area contributed by atoms with E-state index in [0.29, 0.717) is 19.2 Å². The van der Waals surface area contributed by atoms with Crippen molar-refractivity contribution in [1.29, 1.82) is 0 Å². The standard InChI is InChI=1S/C11H20N2O3/c1-11(2)15-7-9(16-11)6-12-10(14)13-8-4-3-5-8/h8-9H,3-7H2,1-2H3,(H2,12,13,14). The van der Waals surface area contributed by atoms with E-state index in [1.807, 2.05) is 13.8 Å². The first-order valence-electron chi connectivity index (χ1n) is 5.91. The van der Waals surface area contributed by atoms with Gasteiger partial charge in [0.05, 0.1) is 6.61 Å². The zero-order valence-corrected chi connectivity index (χ0v) is 9.91. The summed E-state index contributed by atoms with van der Waals surface area (Å²) in [5.74, 6) is -0.517. The van der Waals surface area contributed by atoms with E-state index in [-0.39, 0.29) is 12.1 Å². The third-order valence-corrected chi connectivity index (χ3v) is 3.00. The predicted octanol–water partition coefficient (Wildman–Crippen LogP) is 0.990. The van der Waals surface area contributed by atoms with Gasteiger partial charge in [-0.05, 0) is 33.1 Å². The maximum atomic E-state index is 11.4. The molecule has 0 spiro atoms. The number of amides is 2. The molecule has 0 radical (unpaired) electrons. The molecule has 1 saturated carbocycles. The van der Waals surface area contributed by atoms with E-state index in [1.54, 1.807) is 0 Å². The molecule has 0 bridgehead atoms. The molecule has 2 rings (SSSR count). The quantitative estimate of drug-likeness (QED) is 0.757. The largest absolute Gasteiger partial charge is 0.348 e. The minimum Gasteiger partial charge on any atom is -0.348 e. The first-order chi connectivity index (χ1) is 7.55. The van der Waals surface area contributed by atoms with Crippen molar-refractivity contribution in [1.82, 2.24) is 10.6 Å². The zero-order valence-electron chi connectivity index (χ0n) is 9.91. The normalized spacial score (nSPS) is 28.5. The highest BCUT2D eigenvalue weighted by atomic mass is 16.7. The van der Waals surface area contributed by atoms with Gasteiger partial charge in [-0.15, -0.1) is 0 Å². The molecule has 1 heterocycles. The molecule has 5 heteroatoms. The molecule has 5 nitrogen and oxygen atoms in total. The number of rotatable bonds is 3. The van der Waals surface area contributed by atoms with Crippen molar-refractivity contribution in [2.75, 3.05) is 13.2 Å². The van der Waals surface area contributed by atoms with E-state index < -0.39 is 5.79 Å². The second-order valence-corrected chi connectivity index (χ2v) is 4.93. The van der Waals surface area contributed by atoms with Gasteiger partial charge in [0.15, 0.2) is 5.79 Å². The summed E-state index contributed by atoms with van der Waals surface area (Å²) in [6, 6.07) is 0.273. The fourth-order valence-electron chi connectivity index (χ4n) is 1.86. The molecule has 1 unspecified atom stereocenters. The maximum absolute atomic E-state index is 11.4. The molecule has 1 aliphatic carbocycles. The van der Waals surface area contributed by atoms with Gasteiger partial charge < -0.3 is 20.1 Å². The Bertz CT molecular complexity index is 264. The van der Waals surface area contributed by atoms with E-state index in [4.69, 9.17) is 9.47 Å². The van der Waals surface area contributed by atoms with Crippen molar-refractivity contribution in [3.63, 3.8) is 0 Å². The van der Waals surface area contributed by atoms with Crippen molar-refractivity contribution < 1.29 is 14.3 Å². The zero-order chi connectivity index (χ0) is 11.6. The van der Waals surface area contributed by atoms with Gasteiger partial charge in [0.1, 0.15) is 6.10 Å². The van der Waals surface area contributed by atoms with E-state index in [2.05, 4.69) is 10.6 Å². The smallest absolute Gasteiger partial charge is 0.315 e. The number of nitrogens with one attached hydrogen (secondary N) is 2. The van der Waals surface area contributed by atoms with Crippen molar-refractivity contribution in [3.8, 4) is 0 Å². The lowest BCUT2D eigenvalue weighted by Crippen LogP contribution is -2.47. The maximum Gasteiger partial charge on any atom is 0.315 e. The van der Waals surface area contributed by atoms with Gasteiger partial charge >= 0.3 is 6.03 Å². The molecule has 1 atom stereocenters. The summed E-state index contributed by atoms with van der Waals surface area (Å²) in [5, 5.41) is 5.72. The highest BCUT2D eigenvalue weighted by molar-refractivity contribution is 5.74. The number of ether oxygens (including phenoxy) is 2. The fourth-order valence-corrected chi connectivity index (χ4v) is 1.86. The van der Waals surface area contributed by atoms with Crippen LogP contribution in [0.15, 0.2) is 0 Å². The summed E-state index contributed by atoms with van der Waals surface area (Å²) in [6.07, 6.45) is 3.38.